The highest BCUT2D eigenvalue weighted by atomic mass is 15.1. The fraction of sp³-hybridized carbons (Fsp3) is 0.353. The van der Waals surface area contributed by atoms with Crippen LogP contribution < -0.4 is 10.2 Å². The van der Waals surface area contributed by atoms with E-state index < -0.39 is 0 Å². The molecule has 1 aromatic carbocycles. The minimum absolute atomic E-state index is 0.932. The van der Waals surface area contributed by atoms with Crippen molar-refractivity contribution in [3.8, 4) is 0 Å². The molecule has 0 aliphatic rings. The Hall–Kier alpha value is -2.03. The first-order valence-corrected chi connectivity index (χ1v) is 7.27. The summed E-state index contributed by atoms with van der Waals surface area (Å²) in [5, 5.41) is 3.32. The van der Waals surface area contributed by atoms with Gasteiger partial charge in [-0.25, -0.2) is 4.98 Å². The number of pyridine rings is 1. The van der Waals surface area contributed by atoms with Crippen LogP contribution in [0.2, 0.25) is 0 Å². The van der Waals surface area contributed by atoms with Crippen molar-refractivity contribution in [1.29, 1.82) is 0 Å². The molecule has 0 amide bonds. The number of aromatic nitrogens is 1. The number of rotatable bonds is 6. The second-order valence-corrected chi connectivity index (χ2v) is 4.91. The van der Waals surface area contributed by atoms with Gasteiger partial charge in [0, 0.05) is 37.2 Å². The van der Waals surface area contributed by atoms with E-state index in [9.17, 15) is 0 Å². The zero-order valence-corrected chi connectivity index (χ0v) is 12.6. The molecule has 3 heteroatoms. The van der Waals surface area contributed by atoms with Gasteiger partial charge in [0.15, 0.2) is 0 Å². The predicted octanol–water partition coefficient (Wildman–Crippen LogP) is 4.23. The average molecular weight is 269 g/mol. The maximum atomic E-state index is 4.34. The molecule has 0 aliphatic heterocycles. The third-order valence-corrected chi connectivity index (χ3v) is 3.42. The largest absolute Gasteiger partial charge is 0.370 e. The summed E-state index contributed by atoms with van der Waals surface area (Å²) in [4.78, 5) is 6.52. The number of nitrogens with one attached hydrogen (secondary N) is 1. The minimum Gasteiger partial charge on any atom is -0.370 e. The molecule has 0 saturated carbocycles. The highest BCUT2D eigenvalue weighted by molar-refractivity contribution is 5.65. The summed E-state index contributed by atoms with van der Waals surface area (Å²) in [6.07, 6.45) is 4.02. The lowest BCUT2D eigenvalue weighted by Crippen LogP contribution is -2.10. The van der Waals surface area contributed by atoms with Crippen LogP contribution >= 0.6 is 0 Å². The normalized spacial score (nSPS) is 10.3. The van der Waals surface area contributed by atoms with Gasteiger partial charge in [-0.3, -0.25) is 0 Å². The molecule has 0 bridgehead atoms. The molecule has 2 rings (SSSR count). The van der Waals surface area contributed by atoms with E-state index in [1.54, 1.807) is 0 Å². The van der Waals surface area contributed by atoms with Gasteiger partial charge in [0.1, 0.15) is 5.82 Å². The van der Waals surface area contributed by atoms with Crippen molar-refractivity contribution in [1.82, 2.24) is 4.98 Å². The van der Waals surface area contributed by atoms with Crippen LogP contribution in [0.5, 0.6) is 0 Å². The average Bonchev–Trinajstić information content (AvgIpc) is 2.52. The van der Waals surface area contributed by atoms with Crippen molar-refractivity contribution in [2.24, 2.45) is 0 Å². The van der Waals surface area contributed by atoms with Crippen LogP contribution in [0.15, 0.2) is 42.6 Å². The Balaban J connectivity index is 2.16. The number of benzene rings is 1. The van der Waals surface area contributed by atoms with Crippen LogP contribution in [-0.2, 0) is 6.42 Å². The maximum Gasteiger partial charge on any atom is 0.127 e. The van der Waals surface area contributed by atoms with Gasteiger partial charge in [-0.15, -0.1) is 0 Å². The van der Waals surface area contributed by atoms with Crippen LogP contribution in [0.25, 0.3) is 0 Å². The molecule has 0 saturated heterocycles. The fourth-order valence-corrected chi connectivity index (χ4v) is 2.08. The van der Waals surface area contributed by atoms with Crippen LogP contribution in [0.3, 0.4) is 0 Å². The third kappa shape index (κ3) is 3.50. The zero-order valence-electron chi connectivity index (χ0n) is 12.6. The smallest absolute Gasteiger partial charge is 0.127 e. The summed E-state index contributed by atoms with van der Waals surface area (Å²) in [5.41, 5.74) is 3.69. The Morgan fingerprint density at radius 2 is 1.80 bits per heavy atom. The summed E-state index contributed by atoms with van der Waals surface area (Å²) < 4.78 is 0. The summed E-state index contributed by atoms with van der Waals surface area (Å²) in [6, 6.07) is 12.8. The van der Waals surface area contributed by atoms with E-state index in [4.69, 9.17) is 0 Å². The molecule has 0 aliphatic carbocycles. The van der Waals surface area contributed by atoms with Crippen molar-refractivity contribution < 1.29 is 0 Å². The lowest BCUT2D eigenvalue weighted by atomic mass is 10.1. The monoisotopic (exact) mass is 269 g/mol. The number of hydrogen-bond acceptors (Lipinski definition) is 3. The topological polar surface area (TPSA) is 28.2 Å². The highest BCUT2D eigenvalue weighted by Crippen LogP contribution is 2.25. The van der Waals surface area contributed by atoms with Gasteiger partial charge >= 0.3 is 0 Å². The quantitative estimate of drug-likeness (QED) is 0.850. The van der Waals surface area contributed by atoms with Gasteiger partial charge in [0.25, 0.3) is 0 Å². The van der Waals surface area contributed by atoms with Crippen molar-refractivity contribution >= 4 is 17.2 Å². The molecule has 3 nitrogen and oxygen atoms in total. The van der Waals surface area contributed by atoms with Crippen LogP contribution in [0.4, 0.5) is 17.2 Å². The molecule has 0 radical (unpaired) electrons. The third-order valence-electron chi connectivity index (χ3n) is 3.42. The number of anilines is 3. The summed E-state index contributed by atoms with van der Waals surface area (Å²) in [7, 11) is 2.08. The molecule has 1 heterocycles. The maximum absolute atomic E-state index is 4.34. The van der Waals surface area contributed by atoms with E-state index >= 15 is 0 Å². The number of aryl methyl sites for hydroxylation is 1. The molecule has 0 fully saturated rings. The van der Waals surface area contributed by atoms with Gasteiger partial charge in [0.2, 0.25) is 0 Å². The first kappa shape index (κ1) is 14.4. The Kier molecular flexibility index (Phi) is 4.99. The van der Waals surface area contributed by atoms with E-state index in [0.29, 0.717) is 0 Å². The lowest BCUT2D eigenvalue weighted by Gasteiger charge is -2.20. The Morgan fingerprint density at radius 3 is 2.45 bits per heavy atom. The van der Waals surface area contributed by atoms with Gasteiger partial charge < -0.3 is 10.2 Å². The van der Waals surface area contributed by atoms with Crippen molar-refractivity contribution in [2.45, 2.75) is 26.7 Å². The van der Waals surface area contributed by atoms with E-state index in [1.807, 2.05) is 12.3 Å². The van der Waals surface area contributed by atoms with Gasteiger partial charge in [-0.05, 0) is 36.6 Å². The molecule has 2 aromatic rings. The van der Waals surface area contributed by atoms with Crippen molar-refractivity contribution in [2.75, 3.05) is 23.8 Å². The van der Waals surface area contributed by atoms with Crippen molar-refractivity contribution in [3.63, 3.8) is 0 Å². The van der Waals surface area contributed by atoms with Gasteiger partial charge in [-0.2, -0.15) is 0 Å². The highest BCUT2D eigenvalue weighted by Gasteiger charge is 2.05. The fourth-order valence-electron chi connectivity index (χ4n) is 2.08. The molecular formula is C17H23N3. The Morgan fingerprint density at radius 1 is 1.05 bits per heavy atom. The van der Waals surface area contributed by atoms with Crippen LogP contribution in [0.1, 0.15) is 25.8 Å². The van der Waals surface area contributed by atoms with Crippen molar-refractivity contribution in [3.05, 3.63) is 48.2 Å². The predicted molar refractivity (Wildman–Crippen MR) is 86.9 cm³/mol. The number of nitrogens with zero attached hydrogens (tertiary/aromatic N) is 2. The number of hydrogen-bond donors (Lipinski definition) is 1. The summed E-state index contributed by atoms with van der Waals surface area (Å²) >= 11 is 0. The van der Waals surface area contributed by atoms with Gasteiger partial charge in [-0.1, -0.05) is 26.0 Å². The molecule has 0 atom stereocenters. The van der Waals surface area contributed by atoms with E-state index in [1.165, 1.54) is 11.3 Å². The van der Waals surface area contributed by atoms with Gasteiger partial charge in [0.05, 0.1) is 0 Å². The standard InChI is InChI=1S/C17H23N3/c1-4-11-18-17-13-16(10-12-19-17)20(3)15-8-6-14(5-2)7-9-15/h6-10,12-13H,4-5,11H2,1-3H3,(H,18,19). The summed E-state index contributed by atoms with van der Waals surface area (Å²) in [5.74, 6) is 0.932. The SMILES string of the molecule is CCCNc1cc(N(C)c2ccc(CC)cc2)ccn1. The molecule has 1 aromatic heterocycles. The van der Waals surface area contributed by atoms with Crippen LogP contribution in [0, 0.1) is 0 Å². The molecule has 0 unspecified atom stereocenters. The van der Waals surface area contributed by atoms with E-state index in [-0.39, 0.29) is 0 Å². The molecular weight excluding hydrogens is 246 g/mol. The molecule has 106 valence electrons. The van der Waals surface area contributed by atoms with E-state index in [0.717, 1.165) is 30.9 Å². The van der Waals surface area contributed by atoms with Crippen LogP contribution in [-0.4, -0.2) is 18.6 Å². The first-order chi connectivity index (χ1) is 9.74. The zero-order chi connectivity index (χ0) is 14.4. The summed E-state index contributed by atoms with van der Waals surface area (Å²) in [6.45, 7) is 5.27. The Bertz CT molecular complexity index is 534. The molecule has 0 spiro atoms. The second kappa shape index (κ2) is 6.94. The molecule has 20 heavy (non-hydrogen) atoms. The second-order valence-electron chi connectivity index (χ2n) is 4.91. The Labute approximate surface area is 121 Å². The van der Waals surface area contributed by atoms with E-state index in [2.05, 4.69) is 66.4 Å². The molecule has 1 N–H and O–H groups in total. The minimum atomic E-state index is 0.932. The lowest BCUT2D eigenvalue weighted by molar-refractivity contribution is 0.968. The first-order valence-electron chi connectivity index (χ1n) is 7.27.